The Morgan fingerprint density at radius 3 is 2.42 bits per heavy atom. The number of anilines is 1. The number of benzene rings is 1. The van der Waals surface area contributed by atoms with Crippen LogP contribution in [-0.4, -0.2) is 29.8 Å². The molecule has 4 fully saturated rings. The van der Waals surface area contributed by atoms with E-state index < -0.39 is 0 Å². The molecule has 1 N–H and O–H groups in total. The molecule has 0 radical (unpaired) electrons. The second-order valence-corrected chi connectivity index (χ2v) is 11.5. The van der Waals surface area contributed by atoms with E-state index in [-0.39, 0.29) is 22.7 Å². The third kappa shape index (κ3) is 3.15. The zero-order valence-corrected chi connectivity index (χ0v) is 19.6. The van der Waals surface area contributed by atoms with Crippen molar-refractivity contribution in [3.8, 4) is 0 Å². The number of nitrogens with zero attached hydrogens (tertiary/aromatic N) is 1. The summed E-state index contributed by atoms with van der Waals surface area (Å²) in [5.74, 6) is 2.70. The number of nitrogens with one attached hydrogen (secondary N) is 1. The number of piperidine rings is 1. The van der Waals surface area contributed by atoms with Gasteiger partial charge in [-0.1, -0.05) is 31.5 Å². The van der Waals surface area contributed by atoms with Gasteiger partial charge in [-0.3, -0.25) is 9.59 Å². The summed E-state index contributed by atoms with van der Waals surface area (Å²) >= 11 is 0. The van der Waals surface area contributed by atoms with E-state index >= 15 is 0 Å². The Labute approximate surface area is 187 Å². The topological polar surface area (TPSA) is 49.4 Å². The fourth-order valence-corrected chi connectivity index (χ4v) is 8.45. The van der Waals surface area contributed by atoms with Crippen LogP contribution in [0.15, 0.2) is 24.3 Å². The van der Waals surface area contributed by atoms with Crippen molar-refractivity contribution in [1.82, 2.24) is 4.90 Å². The SMILES string of the molecule is Cc1ccc(NC(=O)C2CC[C@H]3[C@@H]4CCC5N(C)C(=O)CC[C@]5(C)[C@@H]4CC[C@]23C)cc1. The number of aryl methyl sites for hydroxylation is 1. The van der Waals surface area contributed by atoms with Gasteiger partial charge in [0.2, 0.25) is 11.8 Å². The summed E-state index contributed by atoms with van der Waals surface area (Å²) in [7, 11) is 2.03. The van der Waals surface area contributed by atoms with Crippen LogP contribution in [0.1, 0.15) is 70.8 Å². The number of carbonyl (C=O) groups excluding carboxylic acids is 2. The van der Waals surface area contributed by atoms with Gasteiger partial charge in [0.25, 0.3) is 0 Å². The first kappa shape index (κ1) is 21.0. The van der Waals surface area contributed by atoms with Crippen LogP contribution in [0.25, 0.3) is 0 Å². The third-order valence-electron chi connectivity index (χ3n) is 10.2. The maximum atomic E-state index is 13.3. The smallest absolute Gasteiger partial charge is 0.228 e. The molecule has 31 heavy (non-hydrogen) atoms. The number of amides is 2. The van der Waals surface area contributed by atoms with Gasteiger partial charge in [-0.05, 0) is 92.6 Å². The maximum Gasteiger partial charge on any atom is 0.228 e. The summed E-state index contributed by atoms with van der Waals surface area (Å²) < 4.78 is 0. The van der Waals surface area contributed by atoms with Crippen LogP contribution < -0.4 is 5.32 Å². The quantitative estimate of drug-likeness (QED) is 0.692. The summed E-state index contributed by atoms with van der Waals surface area (Å²) in [6, 6.07) is 8.56. The van der Waals surface area contributed by atoms with E-state index in [1.807, 2.05) is 19.2 Å². The molecule has 1 aliphatic heterocycles. The highest BCUT2D eigenvalue weighted by Gasteiger charge is 2.62. The average Bonchev–Trinajstić information content (AvgIpc) is 3.10. The van der Waals surface area contributed by atoms with Gasteiger partial charge in [-0.2, -0.15) is 0 Å². The minimum Gasteiger partial charge on any atom is -0.342 e. The van der Waals surface area contributed by atoms with Crippen LogP contribution in [0.4, 0.5) is 5.69 Å². The Hall–Kier alpha value is -1.84. The average molecular weight is 423 g/mol. The van der Waals surface area contributed by atoms with Crippen LogP contribution in [-0.2, 0) is 9.59 Å². The number of hydrogen-bond acceptors (Lipinski definition) is 2. The van der Waals surface area contributed by atoms with Gasteiger partial charge in [0.15, 0.2) is 0 Å². The number of likely N-dealkylation sites (tertiary alicyclic amines) is 1. The van der Waals surface area contributed by atoms with E-state index in [1.54, 1.807) is 0 Å². The Kier molecular flexibility index (Phi) is 4.99. The van der Waals surface area contributed by atoms with Crippen molar-refractivity contribution in [2.45, 2.75) is 78.2 Å². The van der Waals surface area contributed by atoms with Crippen LogP contribution >= 0.6 is 0 Å². The molecule has 3 aliphatic carbocycles. The highest BCUT2D eigenvalue weighted by Crippen LogP contribution is 2.66. The molecule has 4 heteroatoms. The van der Waals surface area contributed by atoms with E-state index in [2.05, 4.69) is 43.1 Å². The lowest BCUT2D eigenvalue weighted by Gasteiger charge is -2.61. The predicted octanol–water partition coefficient (Wildman–Crippen LogP) is 5.41. The van der Waals surface area contributed by atoms with Crippen LogP contribution in [0.2, 0.25) is 0 Å². The van der Waals surface area contributed by atoms with E-state index in [4.69, 9.17) is 0 Å². The highest BCUT2D eigenvalue weighted by atomic mass is 16.2. The molecule has 5 rings (SSSR count). The first-order valence-corrected chi connectivity index (χ1v) is 12.4. The summed E-state index contributed by atoms with van der Waals surface area (Å²) in [6.07, 6.45) is 8.65. The molecular weight excluding hydrogens is 384 g/mol. The Morgan fingerprint density at radius 2 is 1.68 bits per heavy atom. The molecule has 0 aromatic heterocycles. The van der Waals surface area contributed by atoms with Crippen LogP contribution in [0.5, 0.6) is 0 Å². The summed E-state index contributed by atoms with van der Waals surface area (Å²) in [6.45, 7) is 6.95. The van der Waals surface area contributed by atoms with Crippen molar-refractivity contribution in [2.75, 3.05) is 12.4 Å². The second-order valence-electron chi connectivity index (χ2n) is 11.5. The van der Waals surface area contributed by atoms with Crippen molar-refractivity contribution in [1.29, 1.82) is 0 Å². The molecule has 3 saturated carbocycles. The number of fused-ring (bicyclic) bond motifs is 5. The fourth-order valence-electron chi connectivity index (χ4n) is 8.45. The molecule has 2 amide bonds. The van der Waals surface area contributed by atoms with Crippen molar-refractivity contribution < 1.29 is 9.59 Å². The van der Waals surface area contributed by atoms with Gasteiger partial charge in [0.1, 0.15) is 0 Å². The molecule has 168 valence electrons. The minimum atomic E-state index is 0.107. The largest absolute Gasteiger partial charge is 0.342 e. The Balaban J connectivity index is 1.35. The van der Waals surface area contributed by atoms with Crippen molar-refractivity contribution >= 4 is 17.5 Å². The van der Waals surface area contributed by atoms with E-state index in [9.17, 15) is 9.59 Å². The van der Waals surface area contributed by atoms with Crippen molar-refractivity contribution in [2.24, 2.45) is 34.5 Å². The fraction of sp³-hybridized carbons (Fsp3) is 0.704. The molecule has 1 aromatic carbocycles. The molecule has 7 atom stereocenters. The maximum absolute atomic E-state index is 13.3. The molecule has 1 saturated heterocycles. The van der Waals surface area contributed by atoms with E-state index in [0.29, 0.717) is 36.1 Å². The monoisotopic (exact) mass is 422 g/mol. The lowest BCUT2D eigenvalue weighted by atomic mass is 9.47. The molecule has 0 spiro atoms. The van der Waals surface area contributed by atoms with Crippen LogP contribution in [0, 0.1) is 41.4 Å². The van der Waals surface area contributed by atoms with Gasteiger partial charge in [-0.25, -0.2) is 0 Å². The number of carbonyl (C=O) groups is 2. The lowest BCUT2D eigenvalue weighted by Crippen LogP contribution is -2.61. The molecule has 4 aliphatic rings. The number of rotatable bonds is 2. The van der Waals surface area contributed by atoms with Gasteiger partial charge in [0.05, 0.1) is 0 Å². The summed E-state index contributed by atoms with van der Waals surface area (Å²) in [5.41, 5.74) is 2.48. The second kappa shape index (κ2) is 7.35. The molecular formula is C27H38N2O2. The molecule has 2 unspecified atom stereocenters. The predicted molar refractivity (Wildman–Crippen MR) is 123 cm³/mol. The summed E-state index contributed by atoms with van der Waals surface area (Å²) in [4.78, 5) is 27.8. The van der Waals surface area contributed by atoms with E-state index in [0.717, 1.165) is 31.4 Å². The normalized spacial score (nSPS) is 41.9. The molecule has 1 aromatic rings. The minimum absolute atomic E-state index is 0.107. The Bertz CT molecular complexity index is 880. The molecule has 1 heterocycles. The molecule has 0 bridgehead atoms. The number of hydrogen-bond donors (Lipinski definition) is 1. The van der Waals surface area contributed by atoms with Gasteiger partial charge >= 0.3 is 0 Å². The zero-order valence-electron chi connectivity index (χ0n) is 19.6. The van der Waals surface area contributed by atoms with Crippen molar-refractivity contribution in [3.63, 3.8) is 0 Å². The lowest BCUT2D eigenvalue weighted by molar-refractivity contribution is -0.159. The highest BCUT2D eigenvalue weighted by molar-refractivity contribution is 5.93. The summed E-state index contributed by atoms with van der Waals surface area (Å²) in [5, 5.41) is 3.22. The first-order valence-electron chi connectivity index (χ1n) is 12.4. The van der Waals surface area contributed by atoms with Gasteiger partial charge < -0.3 is 10.2 Å². The first-order chi connectivity index (χ1) is 14.7. The standard InChI is InChI=1S/C27H38N2O2/c1-17-5-7-18(8-6-17)28-25(31)22-11-10-20-19-9-12-23-27(3,16-14-24(30)29(23)4)21(19)13-15-26(20,22)2/h5-8,19-23H,9-16H2,1-4H3,(H,28,31)/t19-,20-,21+,22?,23?,26-,27+/m0/s1. The van der Waals surface area contributed by atoms with Crippen molar-refractivity contribution in [3.05, 3.63) is 29.8 Å². The third-order valence-corrected chi connectivity index (χ3v) is 10.2. The van der Waals surface area contributed by atoms with Gasteiger partial charge in [0, 0.05) is 31.1 Å². The van der Waals surface area contributed by atoms with Gasteiger partial charge in [-0.15, -0.1) is 0 Å². The van der Waals surface area contributed by atoms with E-state index in [1.165, 1.54) is 24.8 Å². The van der Waals surface area contributed by atoms with Crippen LogP contribution in [0.3, 0.4) is 0 Å². The zero-order chi connectivity index (χ0) is 22.0. The molecule has 4 nitrogen and oxygen atoms in total. The Morgan fingerprint density at radius 1 is 0.968 bits per heavy atom.